The smallest absolute Gasteiger partial charge is 0.319 e. The Bertz CT molecular complexity index is 1210. The van der Waals surface area contributed by atoms with Gasteiger partial charge in [0, 0.05) is 45.8 Å². The standard InChI is InChI=1S/C27H35N7O3/c1-31(2)19-22-23-24(26(35)34(22)11-9-20-7-5-4-6-8-20)29-27(30-25(23)33-12-15-36-16-13-33)37-14-10-21-17-28-32(3)18-21/h4-8,17-18,22H,9-16,19H2,1-3H3. The average Bonchev–Trinajstić information content (AvgIpc) is 3.43. The fourth-order valence-corrected chi connectivity index (χ4v) is 4.97. The maximum atomic E-state index is 13.8. The summed E-state index contributed by atoms with van der Waals surface area (Å²) in [4.78, 5) is 29.6. The van der Waals surface area contributed by atoms with Gasteiger partial charge >= 0.3 is 6.01 Å². The average molecular weight is 506 g/mol. The summed E-state index contributed by atoms with van der Waals surface area (Å²) in [6.07, 6.45) is 5.25. The SMILES string of the molecule is CN(C)CC1c2c(nc(OCCc3cnn(C)c3)nc2N2CCOCC2)C(=O)N1CCc1ccccc1. The molecule has 1 fully saturated rings. The van der Waals surface area contributed by atoms with E-state index in [4.69, 9.17) is 14.5 Å². The predicted molar refractivity (Wildman–Crippen MR) is 140 cm³/mol. The van der Waals surface area contributed by atoms with Crippen molar-refractivity contribution < 1.29 is 14.3 Å². The number of aromatic nitrogens is 4. The molecular weight excluding hydrogens is 470 g/mol. The third-order valence-corrected chi connectivity index (χ3v) is 6.79. The Hall–Kier alpha value is -3.50. The van der Waals surface area contributed by atoms with Crippen LogP contribution in [0.3, 0.4) is 0 Å². The van der Waals surface area contributed by atoms with E-state index in [1.165, 1.54) is 5.56 Å². The predicted octanol–water partition coefficient (Wildman–Crippen LogP) is 1.97. The lowest BCUT2D eigenvalue weighted by Gasteiger charge is -2.32. The number of carbonyl (C=O) groups is 1. The van der Waals surface area contributed by atoms with E-state index in [9.17, 15) is 4.79 Å². The van der Waals surface area contributed by atoms with Crippen LogP contribution < -0.4 is 9.64 Å². The minimum Gasteiger partial charge on any atom is -0.463 e. The van der Waals surface area contributed by atoms with Gasteiger partial charge in [-0.2, -0.15) is 15.1 Å². The fraction of sp³-hybridized carbons (Fsp3) is 0.481. The molecule has 1 unspecified atom stereocenters. The summed E-state index contributed by atoms with van der Waals surface area (Å²) < 4.78 is 13.4. The van der Waals surface area contributed by atoms with Gasteiger partial charge < -0.3 is 24.2 Å². The second kappa shape index (κ2) is 11.3. The summed E-state index contributed by atoms with van der Waals surface area (Å²) in [6, 6.07) is 10.4. The molecule has 0 saturated carbocycles. The van der Waals surface area contributed by atoms with Gasteiger partial charge in [0.15, 0.2) is 0 Å². The molecule has 10 nitrogen and oxygen atoms in total. The topological polar surface area (TPSA) is 88.9 Å². The number of fused-ring (bicyclic) bond motifs is 1. The number of likely N-dealkylation sites (N-methyl/N-ethyl adjacent to an activating group) is 1. The van der Waals surface area contributed by atoms with Crippen molar-refractivity contribution in [2.75, 3.05) is 65.0 Å². The van der Waals surface area contributed by atoms with E-state index < -0.39 is 0 Å². The number of morpholine rings is 1. The Morgan fingerprint density at radius 2 is 1.86 bits per heavy atom. The fourth-order valence-electron chi connectivity index (χ4n) is 4.97. The maximum absolute atomic E-state index is 13.8. The molecule has 10 heteroatoms. The van der Waals surface area contributed by atoms with Gasteiger partial charge in [-0.15, -0.1) is 0 Å². The zero-order valence-corrected chi connectivity index (χ0v) is 21.8. The lowest BCUT2D eigenvalue weighted by atomic mass is 10.1. The number of ether oxygens (including phenoxy) is 2. The summed E-state index contributed by atoms with van der Waals surface area (Å²) in [6.45, 7) is 4.38. The van der Waals surface area contributed by atoms with Crippen molar-refractivity contribution in [1.82, 2.24) is 29.5 Å². The van der Waals surface area contributed by atoms with Crippen LogP contribution >= 0.6 is 0 Å². The molecule has 0 aliphatic carbocycles. The summed E-state index contributed by atoms with van der Waals surface area (Å²) in [5.74, 6) is 0.721. The molecule has 2 aliphatic rings. The van der Waals surface area contributed by atoms with Gasteiger partial charge in [-0.25, -0.2) is 0 Å². The van der Waals surface area contributed by atoms with Crippen LogP contribution in [0.4, 0.5) is 5.82 Å². The minimum atomic E-state index is -0.136. The van der Waals surface area contributed by atoms with E-state index in [0.29, 0.717) is 58.1 Å². The number of amides is 1. The Morgan fingerprint density at radius 3 is 2.57 bits per heavy atom. The highest BCUT2D eigenvalue weighted by Crippen LogP contribution is 2.40. The molecule has 4 heterocycles. The lowest BCUT2D eigenvalue weighted by Crippen LogP contribution is -2.39. The molecule has 1 saturated heterocycles. The quantitative estimate of drug-likeness (QED) is 0.413. The van der Waals surface area contributed by atoms with Crippen LogP contribution in [-0.2, 0) is 24.6 Å². The zero-order chi connectivity index (χ0) is 25.8. The highest BCUT2D eigenvalue weighted by molar-refractivity contribution is 5.99. The third kappa shape index (κ3) is 5.75. The molecule has 0 bridgehead atoms. The van der Waals surface area contributed by atoms with Crippen LogP contribution in [-0.4, -0.2) is 95.6 Å². The van der Waals surface area contributed by atoms with Gasteiger partial charge in [-0.3, -0.25) is 9.48 Å². The Kier molecular flexibility index (Phi) is 7.66. The first-order chi connectivity index (χ1) is 18.0. The van der Waals surface area contributed by atoms with Crippen LogP contribution in [0.2, 0.25) is 0 Å². The largest absolute Gasteiger partial charge is 0.463 e. The van der Waals surface area contributed by atoms with Crippen molar-refractivity contribution in [3.8, 4) is 6.01 Å². The first-order valence-corrected chi connectivity index (χ1v) is 12.8. The molecule has 0 radical (unpaired) electrons. The summed E-state index contributed by atoms with van der Waals surface area (Å²) in [7, 11) is 5.95. The van der Waals surface area contributed by atoms with E-state index in [2.05, 4.69) is 32.0 Å². The second-order valence-corrected chi connectivity index (χ2v) is 9.82. The Balaban J connectivity index is 1.45. The number of aryl methyl sites for hydroxylation is 1. The molecule has 0 N–H and O–H groups in total. The highest BCUT2D eigenvalue weighted by Gasteiger charge is 2.42. The normalized spacial score (nSPS) is 17.5. The van der Waals surface area contributed by atoms with Crippen LogP contribution in [0.25, 0.3) is 0 Å². The van der Waals surface area contributed by atoms with Crippen LogP contribution in [0.1, 0.15) is 33.2 Å². The van der Waals surface area contributed by atoms with Crippen LogP contribution in [0, 0.1) is 0 Å². The summed E-state index contributed by atoms with van der Waals surface area (Å²) >= 11 is 0. The molecule has 3 aromatic rings. The van der Waals surface area contributed by atoms with Gasteiger partial charge in [0.25, 0.3) is 5.91 Å². The molecule has 1 atom stereocenters. The van der Waals surface area contributed by atoms with Gasteiger partial charge in [0.05, 0.1) is 37.6 Å². The Morgan fingerprint density at radius 1 is 1.08 bits per heavy atom. The van der Waals surface area contributed by atoms with Crippen molar-refractivity contribution in [3.63, 3.8) is 0 Å². The molecular formula is C27H35N7O3. The maximum Gasteiger partial charge on any atom is 0.319 e. The number of carbonyl (C=O) groups excluding carboxylic acids is 1. The molecule has 2 aromatic heterocycles. The van der Waals surface area contributed by atoms with Crippen molar-refractivity contribution in [2.45, 2.75) is 18.9 Å². The lowest BCUT2D eigenvalue weighted by molar-refractivity contribution is 0.0699. The van der Waals surface area contributed by atoms with E-state index in [1.54, 1.807) is 4.68 Å². The zero-order valence-electron chi connectivity index (χ0n) is 21.8. The van der Waals surface area contributed by atoms with Crippen LogP contribution in [0.5, 0.6) is 6.01 Å². The van der Waals surface area contributed by atoms with Crippen molar-refractivity contribution in [3.05, 3.63) is 65.1 Å². The molecule has 37 heavy (non-hydrogen) atoms. The van der Waals surface area contributed by atoms with E-state index in [1.807, 2.05) is 56.6 Å². The monoisotopic (exact) mass is 505 g/mol. The summed E-state index contributed by atoms with van der Waals surface area (Å²) in [5.41, 5.74) is 3.63. The number of anilines is 1. The number of hydrogen-bond donors (Lipinski definition) is 0. The number of rotatable bonds is 10. The molecule has 1 amide bonds. The molecule has 5 rings (SSSR count). The molecule has 2 aliphatic heterocycles. The van der Waals surface area contributed by atoms with E-state index in [-0.39, 0.29) is 18.0 Å². The number of nitrogens with zero attached hydrogens (tertiary/aromatic N) is 7. The van der Waals surface area contributed by atoms with Gasteiger partial charge in [0.1, 0.15) is 11.5 Å². The van der Waals surface area contributed by atoms with Crippen molar-refractivity contribution in [2.24, 2.45) is 7.05 Å². The summed E-state index contributed by atoms with van der Waals surface area (Å²) in [5, 5.41) is 4.21. The van der Waals surface area contributed by atoms with E-state index >= 15 is 0 Å². The molecule has 0 spiro atoms. The third-order valence-electron chi connectivity index (χ3n) is 6.79. The Labute approximate surface area is 217 Å². The first kappa shape index (κ1) is 25.2. The van der Waals surface area contributed by atoms with Crippen molar-refractivity contribution >= 4 is 11.7 Å². The second-order valence-electron chi connectivity index (χ2n) is 9.82. The minimum absolute atomic E-state index is 0.0631. The highest BCUT2D eigenvalue weighted by atomic mass is 16.5. The van der Waals surface area contributed by atoms with Crippen molar-refractivity contribution in [1.29, 1.82) is 0 Å². The first-order valence-electron chi connectivity index (χ1n) is 12.8. The van der Waals surface area contributed by atoms with Crippen LogP contribution in [0.15, 0.2) is 42.7 Å². The van der Waals surface area contributed by atoms with E-state index in [0.717, 1.165) is 23.4 Å². The van der Waals surface area contributed by atoms with Gasteiger partial charge in [-0.1, -0.05) is 30.3 Å². The molecule has 1 aromatic carbocycles. The number of hydrogen-bond acceptors (Lipinski definition) is 8. The van der Waals surface area contributed by atoms with Gasteiger partial charge in [0.2, 0.25) is 0 Å². The molecule has 196 valence electrons. The van der Waals surface area contributed by atoms with Gasteiger partial charge in [-0.05, 0) is 31.6 Å². The number of benzene rings is 1.